The van der Waals surface area contributed by atoms with Crippen LogP contribution >= 0.6 is 11.8 Å². The number of para-hydroxylation sites is 2. The van der Waals surface area contributed by atoms with Gasteiger partial charge in [0, 0.05) is 53.2 Å². The Kier molecular flexibility index (Phi) is 7.91. The molecule has 0 aromatic heterocycles. The predicted molar refractivity (Wildman–Crippen MR) is 147 cm³/mol. The normalized spacial score (nSPS) is 14.4. The first-order valence-corrected chi connectivity index (χ1v) is 13.5. The van der Waals surface area contributed by atoms with Gasteiger partial charge in [-0.05, 0) is 29.5 Å². The number of carbonyl (C=O) groups excluding carboxylic acids is 3. The second-order valence-electron chi connectivity index (χ2n) is 8.98. The highest BCUT2D eigenvalue weighted by Crippen LogP contribution is 2.48. The molecule has 1 fully saturated rings. The van der Waals surface area contributed by atoms with E-state index in [2.05, 4.69) is 84.6 Å². The quantitative estimate of drug-likeness (QED) is 0.269. The number of rotatable bonds is 9. The Morgan fingerprint density at radius 2 is 1.42 bits per heavy atom. The molecule has 3 aromatic rings. The zero-order valence-corrected chi connectivity index (χ0v) is 21.9. The summed E-state index contributed by atoms with van der Waals surface area (Å²) in [5, 5.41) is 0.536. The van der Waals surface area contributed by atoms with Crippen LogP contribution in [0, 0.1) is 0 Å². The molecule has 0 unspecified atom stereocenters. The van der Waals surface area contributed by atoms with Crippen LogP contribution in [0.15, 0.2) is 83.8 Å². The van der Waals surface area contributed by atoms with Gasteiger partial charge in [0.25, 0.3) is 11.8 Å². The molecule has 2 aliphatic heterocycles. The molecule has 1 saturated heterocycles. The average molecular weight is 529 g/mol. The van der Waals surface area contributed by atoms with Crippen LogP contribution in [0.1, 0.15) is 36.5 Å². The molecule has 0 N–H and O–H groups in total. The van der Waals surface area contributed by atoms with Gasteiger partial charge in [-0.3, -0.25) is 9.59 Å². The minimum atomic E-state index is -0.762. The summed E-state index contributed by atoms with van der Waals surface area (Å²) in [7, 11) is 0. The highest BCUT2D eigenvalue weighted by molar-refractivity contribution is 8.03. The lowest BCUT2D eigenvalue weighted by atomic mass is 9.89. The molecule has 0 saturated carbocycles. The molecular formula is C30H28N2O5S. The van der Waals surface area contributed by atoms with Crippen molar-refractivity contribution in [1.29, 1.82) is 0 Å². The topological polar surface area (TPSA) is 76.1 Å². The van der Waals surface area contributed by atoms with E-state index in [1.54, 1.807) is 11.8 Å². The molecule has 38 heavy (non-hydrogen) atoms. The van der Waals surface area contributed by atoms with Gasteiger partial charge in [-0.15, -0.1) is 16.8 Å². The standard InChI is InChI=1S/C30H28N2O5S/c1-21(38-18-17-36-20-29(35)37-32-27(33)15-16-28(32)34)30-23-11-5-7-13-25(23)31(19-22-9-3-2-4-10-22)26-14-8-6-12-24(26)30/h2-14H,15-20H2,1H3. The minimum absolute atomic E-state index is 0.0633. The van der Waals surface area contributed by atoms with E-state index in [0.717, 1.165) is 22.8 Å². The number of anilines is 2. The number of fused-ring (bicyclic) bond motifs is 2. The molecule has 2 amide bonds. The number of nitrogens with zero attached hydrogens (tertiary/aromatic N) is 2. The number of hydrogen-bond donors (Lipinski definition) is 0. The fraction of sp³-hybridized carbons (Fsp3) is 0.233. The number of allylic oxidation sites excluding steroid dienone is 1. The van der Waals surface area contributed by atoms with Crippen LogP contribution in [0.3, 0.4) is 0 Å². The Morgan fingerprint density at radius 1 is 0.842 bits per heavy atom. The minimum Gasteiger partial charge on any atom is -0.369 e. The Labute approximate surface area is 226 Å². The highest BCUT2D eigenvalue weighted by Gasteiger charge is 2.33. The summed E-state index contributed by atoms with van der Waals surface area (Å²) in [6.07, 6.45) is 0.127. The van der Waals surface area contributed by atoms with E-state index >= 15 is 0 Å². The molecule has 0 radical (unpaired) electrons. The van der Waals surface area contributed by atoms with Gasteiger partial charge >= 0.3 is 5.97 Å². The van der Waals surface area contributed by atoms with Crippen LogP contribution in [0.2, 0.25) is 0 Å². The van der Waals surface area contributed by atoms with Crippen LogP contribution in [0.4, 0.5) is 11.4 Å². The van der Waals surface area contributed by atoms with E-state index in [-0.39, 0.29) is 19.4 Å². The first-order chi connectivity index (χ1) is 18.5. The molecule has 194 valence electrons. The molecule has 0 spiro atoms. The summed E-state index contributed by atoms with van der Waals surface area (Å²) >= 11 is 1.67. The van der Waals surface area contributed by atoms with Crippen molar-refractivity contribution in [2.75, 3.05) is 23.9 Å². The van der Waals surface area contributed by atoms with Crippen molar-refractivity contribution in [3.8, 4) is 0 Å². The van der Waals surface area contributed by atoms with Crippen molar-refractivity contribution >= 4 is 46.5 Å². The molecule has 2 aliphatic rings. The van der Waals surface area contributed by atoms with Crippen LogP contribution in [0.5, 0.6) is 0 Å². The van der Waals surface area contributed by atoms with E-state index in [9.17, 15) is 14.4 Å². The maximum atomic E-state index is 12.0. The molecule has 0 atom stereocenters. The first-order valence-electron chi connectivity index (χ1n) is 12.5. The smallest absolute Gasteiger partial charge is 0.358 e. The Balaban J connectivity index is 1.27. The third kappa shape index (κ3) is 5.51. The SMILES string of the molecule is CC(SCCOCC(=O)ON1C(=O)CCC1=O)=C1c2ccccc2N(Cc2ccccc2)c2ccccc21. The summed E-state index contributed by atoms with van der Waals surface area (Å²) in [6.45, 7) is 2.87. The lowest BCUT2D eigenvalue weighted by molar-refractivity contribution is -0.200. The number of ether oxygens (including phenoxy) is 1. The zero-order chi connectivity index (χ0) is 26.5. The van der Waals surface area contributed by atoms with Gasteiger partial charge in [0.15, 0.2) is 0 Å². The summed E-state index contributed by atoms with van der Waals surface area (Å²) in [4.78, 5) is 43.5. The van der Waals surface area contributed by atoms with Crippen LogP contribution < -0.4 is 4.90 Å². The summed E-state index contributed by atoms with van der Waals surface area (Å²) < 4.78 is 5.46. The van der Waals surface area contributed by atoms with E-state index in [1.807, 2.05) is 6.07 Å². The van der Waals surface area contributed by atoms with Gasteiger partial charge in [-0.2, -0.15) is 0 Å². The van der Waals surface area contributed by atoms with Crippen LogP contribution in [-0.4, -0.2) is 41.8 Å². The Hall–Kier alpha value is -3.88. The molecule has 0 aliphatic carbocycles. The van der Waals surface area contributed by atoms with E-state index in [4.69, 9.17) is 9.57 Å². The van der Waals surface area contributed by atoms with Crippen LogP contribution in [0.25, 0.3) is 5.57 Å². The lowest BCUT2D eigenvalue weighted by Crippen LogP contribution is -2.33. The fourth-order valence-electron chi connectivity index (χ4n) is 4.70. The largest absolute Gasteiger partial charge is 0.369 e. The fourth-order valence-corrected chi connectivity index (χ4v) is 5.57. The van der Waals surface area contributed by atoms with Gasteiger partial charge in [0.1, 0.15) is 6.61 Å². The van der Waals surface area contributed by atoms with Gasteiger partial charge in [-0.25, -0.2) is 4.79 Å². The van der Waals surface area contributed by atoms with Crippen molar-refractivity contribution in [2.24, 2.45) is 0 Å². The van der Waals surface area contributed by atoms with Crippen molar-refractivity contribution in [2.45, 2.75) is 26.3 Å². The maximum absolute atomic E-state index is 12.0. The van der Waals surface area contributed by atoms with Crippen molar-refractivity contribution in [1.82, 2.24) is 5.06 Å². The van der Waals surface area contributed by atoms with Crippen molar-refractivity contribution in [3.05, 3.63) is 100 Å². The third-order valence-electron chi connectivity index (χ3n) is 6.43. The Bertz CT molecular complexity index is 1320. The van der Waals surface area contributed by atoms with Gasteiger partial charge < -0.3 is 14.5 Å². The maximum Gasteiger partial charge on any atom is 0.358 e. The summed E-state index contributed by atoms with van der Waals surface area (Å²) in [5.74, 6) is -1.14. The number of imide groups is 1. The number of amides is 2. The van der Waals surface area contributed by atoms with Gasteiger partial charge in [-0.1, -0.05) is 66.7 Å². The predicted octanol–water partition coefficient (Wildman–Crippen LogP) is 5.47. The number of hydrogen-bond acceptors (Lipinski definition) is 7. The molecular weight excluding hydrogens is 500 g/mol. The average Bonchev–Trinajstić information content (AvgIpc) is 3.25. The number of benzene rings is 3. The molecule has 8 heteroatoms. The van der Waals surface area contributed by atoms with Gasteiger partial charge in [0.2, 0.25) is 0 Å². The number of hydroxylamine groups is 2. The highest BCUT2D eigenvalue weighted by atomic mass is 32.2. The lowest BCUT2D eigenvalue weighted by Gasteiger charge is -2.35. The molecule has 2 heterocycles. The summed E-state index contributed by atoms with van der Waals surface area (Å²) in [5.41, 5.74) is 7.11. The number of carbonyl (C=O) groups is 3. The van der Waals surface area contributed by atoms with Crippen LogP contribution in [-0.2, 0) is 30.5 Å². The summed E-state index contributed by atoms with van der Waals surface area (Å²) in [6, 6.07) is 27.4. The molecule has 0 bridgehead atoms. The van der Waals surface area contributed by atoms with Crippen molar-refractivity contribution in [3.63, 3.8) is 0 Å². The Morgan fingerprint density at radius 3 is 2.05 bits per heavy atom. The van der Waals surface area contributed by atoms with Gasteiger partial charge in [0.05, 0.1) is 6.61 Å². The first kappa shape index (κ1) is 25.8. The van der Waals surface area contributed by atoms with E-state index in [1.165, 1.54) is 22.3 Å². The third-order valence-corrected chi connectivity index (χ3v) is 7.44. The van der Waals surface area contributed by atoms with E-state index in [0.29, 0.717) is 17.4 Å². The van der Waals surface area contributed by atoms with Crippen molar-refractivity contribution < 1.29 is 24.0 Å². The van der Waals surface area contributed by atoms with E-state index < -0.39 is 17.8 Å². The zero-order valence-electron chi connectivity index (χ0n) is 21.1. The second kappa shape index (κ2) is 11.7. The molecule has 7 nitrogen and oxygen atoms in total. The molecule has 5 rings (SSSR count). The monoisotopic (exact) mass is 528 g/mol. The second-order valence-corrected chi connectivity index (χ2v) is 10.3. The molecule has 3 aromatic carbocycles. The number of thioether (sulfide) groups is 1.